The van der Waals surface area contributed by atoms with Crippen molar-refractivity contribution in [3.05, 3.63) is 46.6 Å². The Morgan fingerprint density at radius 1 is 1.32 bits per heavy atom. The first-order chi connectivity index (χ1) is 9.01. The van der Waals surface area contributed by atoms with Crippen LogP contribution in [0.25, 0.3) is 0 Å². The van der Waals surface area contributed by atoms with Crippen LogP contribution in [0.15, 0.2) is 28.8 Å². The molecule has 2 N–H and O–H groups in total. The molecule has 0 saturated carbocycles. The van der Waals surface area contributed by atoms with E-state index in [4.69, 9.17) is 21.9 Å². The van der Waals surface area contributed by atoms with Crippen molar-refractivity contribution in [3.63, 3.8) is 0 Å². The molecular formula is C14H18ClN3O. The van der Waals surface area contributed by atoms with Gasteiger partial charge < -0.3 is 10.3 Å². The molecule has 1 aromatic carbocycles. The van der Waals surface area contributed by atoms with Crippen LogP contribution in [0.1, 0.15) is 44.0 Å². The van der Waals surface area contributed by atoms with Gasteiger partial charge in [-0.1, -0.05) is 42.2 Å². The average molecular weight is 280 g/mol. The van der Waals surface area contributed by atoms with E-state index in [1.165, 1.54) is 0 Å². The predicted molar refractivity (Wildman–Crippen MR) is 75.0 cm³/mol. The molecule has 0 radical (unpaired) electrons. The third-order valence-corrected chi connectivity index (χ3v) is 3.25. The summed E-state index contributed by atoms with van der Waals surface area (Å²) in [7, 11) is 0. The average Bonchev–Trinajstić information content (AvgIpc) is 2.81. The second-order valence-corrected chi connectivity index (χ2v) is 5.42. The van der Waals surface area contributed by atoms with Gasteiger partial charge in [0.1, 0.15) is 0 Å². The van der Waals surface area contributed by atoms with Crippen LogP contribution in [0.5, 0.6) is 0 Å². The number of nitrogens with two attached hydrogens (primary N) is 1. The minimum atomic E-state index is -0.556. The van der Waals surface area contributed by atoms with Gasteiger partial charge in [-0.25, -0.2) is 0 Å². The maximum absolute atomic E-state index is 6.16. The normalized spacial score (nSPS) is 14.3. The van der Waals surface area contributed by atoms with Crippen molar-refractivity contribution < 1.29 is 4.52 Å². The van der Waals surface area contributed by atoms with Gasteiger partial charge in [0.25, 0.3) is 0 Å². The Hall–Kier alpha value is -1.39. The van der Waals surface area contributed by atoms with Crippen LogP contribution >= 0.6 is 11.6 Å². The van der Waals surface area contributed by atoms with E-state index in [-0.39, 0.29) is 0 Å². The van der Waals surface area contributed by atoms with Gasteiger partial charge in [-0.3, -0.25) is 0 Å². The Morgan fingerprint density at radius 2 is 2.00 bits per heavy atom. The lowest BCUT2D eigenvalue weighted by Gasteiger charge is -2.18. The van der Waals surface area contributed by atoms with Gasteiger partial charge in [0, 0.05) is 11.4 Å². The highest BCUT2D eigenvalue weighted by molar-refractivity contribution is 6.30. The molecule has 4 nitrogen and oxygen atoms in total. The molecule has 102 valence electrons. The highest BCUT2D eigenvalue weighted by atomic mass is 35.5. The van der Waals surface area contributed by atoms with Crippen molar-refractivity contribution in [1.82, 2.24) is 10.1 Å². The molecule has 0 aliphatic heterocycles. The molecule has 0 saturated heterocycles. The number of rotatable bonds is 5. The van der Waals surface area contributed by atoms with Crippen LogP contribution in [0.4, 0.5) is 0 Å². The highest BCUT2D eigenvalue weighted by Crippen LogP contribution is 2.22. The molecule has 1 atom stereocenters. The van der Waals surface area contributed by atoms with Gasteiger partial charge in [0.2, 0.25) is 5.89 Å². The fourth-order valence-corrected chi connectivity index (χ4v) is 2.09. The van der Waals surface area contributed by atoms with Gasteiger partial charge in [0.15, 0.2) is 5.82 Å². The zero-order valence-electron chi connectivity index (χ0n) is 11.2. The molecule has 2 rings (SSSR count). The van der Waals surface area contributed by atoms with Crippen LogP contribution in [0.2, 0.25) is 5.02 Å². The lowest BCUT2D eigenvalue weighted by atomic mass is 9.98. The minimum absolute atomic E-state index is 0.498. The molecule has 2 aromatic rings. The molecule has 19 heavy (non-hydrogen) atoms. The number of hydrogen-bond donors (Lipinski definition) is 1. The van der Waals surface area contributed by atoms with E-state index in [0.29, 0.717) is 18.1 Å². The maximum Gasteiger partial charge on any atom is 0.246 e. The minimum Gasteiger partial charge on any atom is -0.337 e. The van der Waals surface area contributed by atoms with Gasteiger partial charge in [-0.2, -0.15) is 4.98 Å². The second-order valence-electron chi connectivity index (χ2n) is 4.99. The molecule has 0 fully saturated rings. The molecule has 0 amide bonds. The Kier molecular flexibility index (Phi) is 4.22. The van der Waals surface area contributed by atoms with Gasteiger partial charge >= 0.3 is 0 Å². The smallest absolute Gasteiger partial charge is 0.246 e. The zero-order chi connectivity index (χ0) is 13.9. The Labute approximate surface area is 118 Å². The van der Waals surface area contributed by atoms with E-state index in [9.17, 15) is 0 Å². The summed E-state index contributed by atoms with van der Waals surface area (Å²) in [5.74, 6) is 1.14. The summed E-state index contributed by atoms with van der Waals surface area (Å²) in [6, 6.07) is 7.60. The summed E-state index contributed by atoms with van der Waals surface area (Å²) in [6.45, 7) is 3.99. The van der Waals surface area contributed by atoms with Crippen LogP contribution in [0.3, 0.4) is 0 Å². The fourth-order valence-electron chi connectivity index (χ4n) is 1.97. The highest BCUT2D eigenvalue weighted by Gasteiger charge is 2.27. The van der Waals surface area contributed by atoms with E-state index in [1.807, 2.05) is 31.2 Å². The molecular weight excluding hydrogens is 262 g/mol. The first kappa shape index (κ1) is 14.0. The van der Waals surface area contributed by atoms with E-state index in [2.05, 4.69) is 17.1 Å². The molecule has 0 aliphatic carbocycles. The number of aromatic nitrogens is 2. The van der Waals surface area contributed by atoms with Crippen LogP contribution < -0.4 is 5.73 Å². The molecule has 0 aliphatic rings. The van der Waals surface area contributed by atoms with Crippen molar-refractivity contribution in [2.75, 3.05) is 0 Å². The number of halogens is 1. The van der Waals surface area contributed by atoms with Crippen molar-refractivity contribution in [2.24, 2.45) is 5.73 Å². The monoisotopic (exact) mass is 279 g/mol. The van der Waals surface area contributed by atoms with Crippen molar-refractivity contribution in [2.45, 2.75) is 38.6 Å². The molecule has 5 heteroatoms. The topological polar surface area (TPSA) is 64.9 Å². The molecule has 0 bridgehead atoms. The third-order valence-electron chi connectivity index (χ3n) is 3.00. The van der Waals surface area contributed by atoms with Crippen molar-refractivity contribution >= 4 is 11.6 Å². The first-order valence-electron chi connectivity index (χ1n) is 6.37. The van der Waals surface area contributed by atoms with Gasteiger partial charge in [0.05, 0.1) is 5.54 Å². The van der Waals surface area contributed by atoms with Crippen LogP contribution in [-0.2, 0) is 12.0 Å². The lowest BCUT2D eigenvalue weighted by molar-refractivity contribution is 0.282. The number of nitrogens with zero attached hydrogens (tertiary/aromatic N) is 2. The zero-order valence-corrected chi connectivity index (χ0v) is 11.9. The molecule has 1 unspecified atom stereocenters. The third kappa shape index (κ3) is 3.55. The molecule has 1 heterocycles. The standard InChI is InChI=1S/C14H18ClN3O/c1-3-8-14(2,16)13-17-12(18-19-13)9-10-4-6-11(15)7-5-10/h4-7H,3,8-9,16H2,1-2H3. The SMILES string of the molecule is CCCC(C)(N)c1nc(Cc2ccc(Cl)cc2)no1. The van der Waals surface area contributed by atoms with E-state index >= 15 is 0 Å². The maximum atomic E-state index is 6.16. The summed E-state index contributed by atoms with van der Waals surface area (Å²) >= 11 is 5.85. The first-order valence-corrected chi connectivity index (χ1v) is 6.75. The van der Waals surface area contributed by atoms with E-state index < -0.39 is 5.54 Å². The summed E-state index contributed by atoms with van der Waals surface area (Å²) in [5.41, 5.74) is 6.69. The second kappa shape index (κ2) is 5.72. The molecule has 1 aromatic heterocycles. The van der Waals surface area contributed by atoms with Gasteiger partial charge in [-0.15, -0.1) is 0 Å². The number of hydrogen-bond acceptors (Lipinski definition) is 4. The summed E-state index contributed by atoms with van der Waals surface area (Å²) in [5, 5.41) is 4.70. The quantitative estimate of drug-likeness (QED) is 0.912. The van der Waals surface area contributed by atoms with Crippen LogP contribution in [-0.4, -0.2) is 10.1 Å². The summed E-state index contributed by atoms with van der Waals surface area (Å²) in [4.78, 5) is 4.38. The largest absolute Gasteiger partial charge is 0.337 e. The summed E-state index contributed by atoms with van der Waals surface area (Å²) in [6.07, 6.45) is 2.40. The number of benzene rings is 1. The Morgan fingerprint density at radius 3 is 2.63 bits per heavy atom. The molecule has 0 spiro atoms. The lowest BCUT2D eigenvalue weighted by Crippen LogP contribution is -2.33. The predicted octanol–water partition coefficient (Wildman–Crippen LogP) is 3.29. The Balaban J connectivity index is 2.11. The van der Waals surface area contributed by atoms with Crippen molar-refractivity contribution in [3.8, 4) is 0 Å². The van der Waals surface area contributed by atoms with Crippen LogP contribution in [0, 0.1) is 0 Å². The fraction of sp³-hybridized carbons (Fsp3) is 0.429. The van der Waals surface area contributed by atoms with Crippen molar-refractivity contribution in [1.29, 1.82) is 0 Å². The summed E-state index contributed by atoms with van der Waals surface area (Å²) < 4.78 is 5.27. The van der Waals surface area contributed by atoms with E-state index in [1.54, 1.807) is 0 Å². The van der Waals surface area contributed by atoms with E-state index in [0.717, 1.165) is 23.4 Å². The van der Waals surface area contributed by atoms with Gasteiger partial charge in [-0.05, 0) is 31.0 Å². The Bertz CT molecular complexity index is 534.